The number of terminal acetylenes is 1. The highest BCUT2D eigenvalue weighted by Crippen LogP contribution is 2.40. The molecule has 4 amide bonds. The van der Waals surface area contributed by atoms with Gasteiger partial charge in [0.25, 0.3) is 0 Å². The number of pyridine rings is 1. The average Bonchev–Trinajstić information content (AvgIpc) is 4.44. The number of phenolic OH excluding ortho intramolecular Hbond substituents is 1. The lowest BCUT2D eigenvalue weighted by Gasteiger charge is -2.35. The summed E-state index contributed by atoms with van der Waals surface area (Å²) in [4.78, 5) is 79.6. The van der Waals surface area contributed by atoms with Crippen molar-refractivity contribution >= 4 is 62.5 Å². The van der Waals surface area contributed by atoms with Crippen molar-refractivity contribution in [3.8, 4) is 45.8 Å². The zero-order valence-corrected chi connectivity index (χ0v) is 48.6. The number of benzene rings is 3. The summed E-state index contributed by atoms with van der Waals surface area (Å²) in [6.45, 7) is 11.4. The summed E-state index contributed by atoms with van der Waals surface area (Å²) in [7, 11) is 1.95. The van der Waals surface area contributed by atoms with Crippen molar-refractivity contribution in [3.63, 3.8) is 0 Å². The quantitative estimate of drug-likeness (QED) is 0.0342. The standard InChI is InChI=1S/C62H73F2N11O7S/c1-8-45-48(63)22-19-38-23-43(76)25-46(52(38)45)54-53(64)55-47(27-65-54)58(74-29-39-20-21-40(30-74)68-39)72-61(71-55)82-32-42-24-41(28-73(42)7)69-50(78)13-11-9-10-12-14-51(79)70-57(62(4,5)6)60(81)75-31-44(77)26-49(75)59(80)67-34(2)36-15-17-37(18-16-36)56-35(3)66-33-83-56/h1,15-19,22-23,25,27,33-34,39-42,44,49,57,68,76-77H,9-14,20-21,24,26,28-32H2,2-7H3,(H,67,80)(H,69,78)(H,70,79)/t34-,39?,40?,41+,42-,44+,49-,57+/m0/s1. The normalized spacial score (nSPS) is 21.5. The summed E-state index contributed by atoms with van der Waals surface area (Å²) in [5.74, 6) is 0.0600. The number of rotatable bonds is 19. The van der Waals surface area contributed by atoms with E-state index in [4.69, 9.17) is 16.1 Å². The molecule has 0 spiro atoms. The van der Waals surface area contributed by atoms with Gasteiger partial charge in [-0.05, 0) is 93.1 Å². The SMILES string of the molecule is C#Cc1c(F)ccc2cc(O)cc(-c3ncc4c(N5CC6CCC(C5)N6)nc(OC[C@@H]5C[C@@H](NC(=O)CCCCCCC(=O)N[C@H](C(=O)N6C[C@H](O)C[C@H]6C(=O)N[C@@H](C)c6ccc(-c7scnc7C)cc6)C(C)(C)C)CN5C)nc4c3F)c12. The van der Waals surface area contributed by atoms with Gasteiger partial charge in [0.2, 0.25) is 23.6 Å². The summed E-state index contributed by atoms with van der Waals surface area (Å²) in [6.07, 6.45) is 12.1. The first-order chi connectivity index (χ1) is 39.7. The number of likely N-dealkylation sites (tertiary alicyclic amines) is 2. The van der Waals surface area contributed by atoms with E-state index in [1.54, 1.807) is 11.3 Å². The van der Waals surface area contributed by atoms with E-state index in [0.717, 1.165) is 41.0 Å². The van der Waals surface area contributed by atoms with Gasteiger partial charge < -0.3 is 46.0 Å². The molecule has 0 aliphatic carbocycles. The molecule has 3 aromatic heterocycles. The monoisotopic (exact) mass is 1150 g/mol. The molecule has 4 aliphatic rings. The van der Waals surface area contributed by atoms with Crippen LogP contribution in [0.4, 0.5) is 14.6 Å². The van der Waals surface area contributed by atoms with Crippen molar-refractivity contribution in [2.45, 2.75) is 147 Å². The molecular formula is C62H73F2N11O7S. The predicted molar refractivity (Wildman–Crippen MR) is 314 cm³/mol. The number of hydrogen-bond donors (Lipinski definition) is 6. The zero-order valence-electron chi connectivity index (χ0n) is 47.8. The minimum atomic E-state index is -0.938. The molecule has 4 aliphatic heterocycles. The van der Waals surface area contributed by atoms with Gasteiger partial charge >= 0.3 is 6.01 Å². The Labute approximate surface area is 486 Å². The minimum Gasteiger partial charge on any atom is -0.508 e. The number of thiazole rings is 1. The van der Waals surface area contributed by atoms with Gasteiger partial charge in [-0.25, -0.2) is 13.8 Å². The number of phenols is 1. The number of amides is 4. The maximum atomic E-state index is 17.1. The molecule has 18 nitrogen and oxygen atoms in total. The lowest BCUT2D eigenvalue weighted by Crippen LogP contribution is -2.57. The second kappa shape index (κ2) is 24.8. The molecule has 21 heteroatoms. The van der Waals surface area contributed by atoms with Crippen molar-refractivity contribution < 1.29 is 42.9 Å². The van der Waals surface area contributed by atoms with Crippen LogP contribution in [0.1, 0.15) is 115 Å². The van der Waals surface area contributed by atoms with E-state index in [2.05, 4.69) is 51.9 Å². The van der Waals surface area contributed by atoms with E-state index in [-0.39, 0.29) is 113 Å². The Kier molecular flexibility index (Phi) is 17.6. The van der Waals surface area contributed by atoms with Gasteiger partial charge in [-0.1, -0.05) is 69.9 Å². The minimum absolute atomic E-state index is 0.0225. The van der Waals surface area contributed by atoms with Crippen molar-refractivity contribution in [2.75, 3.05) is 44.7 Å². The molecule has 2 bridgehead atoms. The van der Waals surface area contributed by atoms with Crippen LogP contribution in [-0.2, 0) is 19.2 Å². The van der Waals surface area contributed by atoms with Crippen LogP contribution in [0.5, 0.6) is 11.8 Å². The number of fused-ring (bicyclic) bond motifs is 4. The fourth-order valence-corrected chi connectivity index (χ4v) is 13.1. The maximum Gasteiger partial charge on any atom is 0.319 e. The Morgan fingerprint density at radius 3 is 2.34 bits per heavy atom. The third kappa shape index (κ3) is 13.1. The second-order valence-electron chi connectivity index (χ2n) is 23.9. The first-order valence-corrected chi connectivity index (χ1v) is 29.6. The van der Waals surface area contributed by atoms with Gasteiger partial charge in [0.05, 0.1) is 39.2 Å². The molecule has 4 fully saturated rings. The molecule has 7 heterocycles. The number of aliphatic hydroxyl groups excluding tert-OH is 1. The number of aryl methyl sites for hydroxylation is 1. The highest BCUT2D eigenvalue weighted by molar-refractivity contribution is 7.13. The van der Waals surface area contributed by atoms with Crippen molar-refractivity contribution in [3.05, 3.63) is 88.7 Å². The number of carbonyl (C=O) groups excluding carboxylic acids is 4. The number of anilines is 1. The largest absolute Gasteiger partial charge is 0.508 e. The summed E-state index contributed by atoms with van der Waals surface area (Å²) in [6, 6.07) is 11.3. The van der Waals surface area contributed by atoms with Crippen molar-refractivity contribution in [1.29, 1.82) is 0 Å². The van der Waals surface area contributed by atoms with Crippen LogP contribution in [-0.4, -0.2) is 146 Å². The first-order valence-electron chi connectivity index (χ1n) is 28.7. The number of likely N-dealkylation sites (N-methyl/N-ethyl adjacent to an activating group) is 1. The van der Waals surface area contributed by atoms with Crippen LogP contribution in [0.3, 0.4) is 0 Å². The van der Waals surface area contributed by atoms with Gasteiger partial charge in [-0.15, -0.1) is 17.8 Å². The maximum absolute atomic E-state index is 17.1. The lowest BCUT2D eigenvalue weighted by atomic mass is 9.85. The van der Waals surface area contributed by atoms with E-state index < -0.39 is 41.1 Å². The molecule has 0 radical (unpaired) electrons. The van der Waals surface area contributed by atoms with Crippen LogP contribution >= 0.6 is 11.3 Å². The molecule has 0 saturated carbocycles. The lowest BCUT2D eigenvalue weighted by molar-refractivity contribution is -0.144. The van der Waals surface area contributed by atoms with E-state index in [1.807, 2.05) is 71.4 Å². The molecular weight excluding hydrogens is 1080 g/mol. The smallest absolute Gasteiger partial charge is 0.319 e. The number of hydrogen-bond acceptors (Lipinski definition) is 15. The summed E-state index contributed by atoms with van der Waals surface area (Å²) >= 11 is 1.57. The van der Waals surface area contributed by atoms with Crippen LogP contribution in [0.25, 0.3) is 43.4 Å². The summed E-state index contributed by atoms with van der Waals surface area (Å²) in [5.41, 5.74) is 3.82. The fraction of sp³-hybridized carbons (Fsp3) is 0.484. The Bertz CT molecular complexity index is 3450. The van der Waals surface area contributed by atoms with E-state index in [0.29, 0.717) is 68.3 Å². The number of aliphatic hydroxyl groups is 1. The third-order valence-corrected chi connectivity index (χ3v) is 17.7. The van der Waals surface area contributed by atoms with Crippen LogP contribution in [0, 0.1) is 36.3 Å². The van der Waals surface area contributed by atoms with E-state index >= 15 is 8.78 Å². The van der Waals surface area contributed by atoms with Gasteiger partial charge in [0.1, 0.15) is 47.3 Å². The Hall–Kier alpha value is -7.38. The second-order valence-corrected chi connectivity index (χ2v) is 24.8. The number of carbonyl (C=O) groups is 4. The Morgan fingerprint density at radius 1 is 0.928 bits per heavy atom. The molecule has 3 aromatic carbocycles. The molecule has 6 N–H and O–H groups in total. The number of ether oxygens (including phenoxy) is 1. The zero-order chi connectivity index (χ0) is 58.9. The number of β-amino-alcohol motifs (C(OH)–C–C–N with tert-alkyl or cyclic N) is 1. The molecule has 2 unspecified atom stereocenters. The van der Waals surface area contributed by atoms with Crippen molar-refractivity contribution in [2.24, 2.45) is 5.41 Å². The molecule has 83 heavy (non-hydrogen) atoms. The Morgan fingerprint density at radius 2 is 1.65 bits per heavy atom. The molecule has 4 saturated heterocycles. The summed E-state index contributed by atoms with van der Waals surface area (Å²) in [5, 5.41) is 35.2. The number of nitrogens with zero attached hydrogens (tertiary/aromatic N) is 7. The molecule has 8 atom stereocenters. The number of aromatic hydroxyl groups is 1. The number of nitrogens with one attached hydrogen (secondary N) is 4. The molecule has 10 rings (SSSR count). The number of halogens is 2. The average molecular weight is 1150 g/mol. The van der Waals surface area contributed by atoms with Crippen LogP contribution in [0.15, 0.2) is 60.2 Å². The van der Waals surface area contributed by atoms with Crippen LogP contribution < -0.4 is 30.9 Å². The van der Waals surface area contributed by atoms with Gasteiger partial charge in [0.15, 0.2) is 5.82 Å². The molecule has 438 valence electrons. The first kappa shape index (κ1) is 58.8. The topological polar surface area (TPSA) is 227 Å². The number of aromatic nitrogens is 4. The predicted octanol–water partition coefficient (Wildman–Crippen LogP) is 7.46. The van der Waals surface area contributed by atoms with Gasteiger partial charge in [-0.2, -0.15) is 9.97 Å². The van der Waals surface area contributed by atoms with Crippen molar-refractivity contribution in [1.82, 2.24) is 51.0 Å². The third-order valence-electron chi connectivity index (χ3n) is 16.7. The van der Waals surface area contributed by atoms with Gasteiger partial charge in [0, 0.05) is 86.8 Å². The van der Waals surface area contributed by atoms with Crippen LogP contribution in [0.2, 0.25) is 0 Å². The Balaban J connectivity index is 0.697. The molecule has 6 aromatic rings. The highest BCUT2D eigenvalue weighted by atomic mass is 32.1. The highest BCUT2D eigenvalue weighted by Gasteiger charge is 2.45. The fourth-order valence-electron chi connectivity index (χ4n) is 12.3. The van der Waals surface area contributed by atoms with E-state index in [9.17, 15) is 29.4 Å². The van der Waals surface area contributed by atoms with Gasteiger partial charge in [-0.3, -0.25) is 29.1 Å². The number of piperazine rings is 1. The number of unbranched alkanes of at least 4 members (excludes halogenated alkanes) is 3. The van der Waals surface area contributed by atoms with E-state index in [1.165, 1.54) is 35.4 Å². The summed E-state index contributed by atoms with van der Waals surface area (Å²) < 4.78 is 38.5.